The lowest BCUT2D eigenvalue weighted by molar-refractivity contribution is 0.0263. The molecule has 1 aliphatic rings. The van der Waals surface area contributed by atoms with Crippen LogP contribution < -0.4 is 10.5 Å². The Labute approximate surface area is 103 Å². The summed E-state index contributed by atoms with van der Waals surface area (Å²) in [5.74, 6) is 0.872. The van der Waals surface area contributed by atoms with Crippen molar-refractivity contribution >= 4 is 5.69 Å². The fourth-order valence-corrected chi connectivity index (χ4v) is 2.19. The van der Waals surface area contributed by atoms with Gasteiger partial charge in [-0.15, -0.1) is 0 Å². The molecule has 1 saturated heterocycles. The maximum Gasteiger partial charge on any atom is 0.124 e. The van der Waals surface area contributed by atoms with Crippen LogP contribution in [0, 0.1) is 13.8 Å². The van der Waals surface area contributed by atoms with E-state index in [4.69, 9.17) is 15.2 Å². The Balaban J connectivity index is 1.97. The van der Waals surface area contributed by atoms with Crippen LogP contribution in [0.3, 0.4) is 0 Å². The van der Waals surface area contributed by atoms with Crippen molar-refractivity contribution in [3.8, 4) is 5.75 Å². The van der Waals surface area contributed by atoms with Crippen LogP contribution in [0.5, 0.6) is 5.75 Å². The Morgan fingerprint density at radius 3 is 2.71 bits per heavy atom. The largest absolute Gasteiger partial charge is 0.491 e. The zero-order valence-corrected chi connectivity index (χ0v) is 10.8. The average Bonchev–Trinajstić information content (AvgIpc) is 2.68. The summed E-state index contributed by atoms with van der Waals surface area (Å²) >= 11 is 0. The van der Waals surface area contributed by atoms with E-state index >= 15 is 0 Å². The van der Waals surface area contributed by atoms with E-state index in [1.54, 1.807) is 0 Å². The highest BCUT2D eigenvalue weighted by molar-refractivity contribution is 5.54. The second kappa shape index (κ2) is 4.96. The topological polar surface area (TPSA) is 44.5 Å². The van der Waals surface area contributed by atoms with Gasteiger partial charge in [0, 0.05) is 11.8 Å². The highest BCUT2D eigenvalue weighted by Gasteiger charge is 2.22. The van der Waals surface area contributed by atoms with E-state index in [-0.39, 0.29) is 6.10 Å². The van der Waals surface area contributed by atoms with Gasteiger partial charge in [-0.1, -0.05) is 6.07 Å². The van der Waals surface area contributed by atoms with E-state index < -0.39 is 0 Å². The van der Waals surface area contributed by atoms with E-state index in [9.17, 15) is 0 Å². The highest BCUT2D eigenvalue weighted by Crippen LogP contribution is 2.26. The minimum Gasteiger partial charge on any atom is -0.491 e. The predicted molar refractivity (Wildman–Crippen MR) is 69.4 cm³/mol. The molecule has 0 amide bonds. The van der Waals surface area contributed by atoms with Gasteiger partial charge in [0.05, 0.1) is 12.2 Å². The Morgan fingerprint density at radius 2 is 2.06 bits per heavy atom. The molecule has 1 aliphatic heterocycles. The summed E-state index contributed by atoms with van der Waals surface area (Å²) < 4.78 is 11.5. The van der Waals surface area contributed by atoms with E-state index in [2.05, 4.69) is 13.0 Å². The van der Waals surface area contributed by atoms with Crippen LogP contribution in [0.1, 0.15) is 30.9 Å². The van der Waals surface area contributed by atoms with Gasteiger partial charge >= 0.3 is 0 Å². The first-order chi connectivity index (χ1) is 8.06. The van der Waals surface area contributed by atoms with E-state index in [0.29, 0.717) is 12.7 Å². The quantitative estimate of drug-likeness (QED) is 0.819. The first kappa shape index (κ1) is 12.2. The summed E-state index contributed by atoms with van der Waals surface area (Å²) in [7, 11) is 0. The average molecular weight is 235 g/mol. The molecule has 1 aromatic rings. The zero-order chi connectivity index (χ0) is 12.4. The van der Waals surface area contributed by atoms with Gasteiger partial charge in [-0.2, -0.15) is 0 Å². The molecule has 3 nitrogen and oxygen atoms in total. The molecule has 0 saturated carbocycles. The number of ether oxygens (including phenoxy) is 2. The van der Waals surface area contributed by atoms with Crippen LogP contribution in [-0.4, -0.2) is 18.8 Å². The Hall–Kier alpha value is -1.22. The number of benzene rings is 1. The fraction of sp³-hybridized carbons (Fsp3) is 0.571. The predicted octanol–water partition coefficient (Wildman–Crippen LogP) is 2.83. The molecule has 17 heavy (non-hydrogen) atoms. The molecule has 2 N–H and O–H groups in total. The second-order valence-corrected chi connectivity index (χ2v) is 4.93. The van der Waals surface area contributed by atoms with Gasteiger partial charge in [-0.05, 0) is 44.7 Å². The van der Waals surface area contributed by atoms with Crippen molar-refractivity contribution in [1.82, 2.24) is 0 Å². The molecular formula is C14H21NO2. The lowest BCUT2D eigenvalue weighted by Gasteiger charge is -2.15. The number of aryl methyl sites for hydroxylation is 2. The maximum absolute atomic E-state index is 5.88. The summed E-state index contributed by atoms with van der Waals surface area (Å²) in [4.78, 5) is 0. The molecule has 1 fully saturated rings. The molecule has 94 valence electrons. The molecule has 2 rings (SSSR count). The molecule has 0 spiro atoms. The molecule has 2 atom stereocenters. The van der Waals surface area contributed by atoms with Gasteiger partial charge in [-0.3, -0.25) is 0 Å². The van der Waals surface area contributed by atoms with Crippen LogP contribution in [0.15, 0.2) is 12.1 Å². The van der Waals surface area contributed by atoms with Crippen LogP contribution in [0.2, 0.25) is 0 Å². The van der Waals surface area contributed by atoms with Crippen LogP contribution in [-0.2, 0) is 4.74 Å². The summed E-state index contributed by atoms with van der Waals surface area (Å²) in [6.07, 6.45) is 2.81. The maximum atomic E-state index is 5.88. The molecule has 2 unspecified atom stereocenters. The molecule has 0 aliphatic carbocycles. The van der Waals surface area contributed by atoms with Crippen LogP contribution in [0.4, 0.5) is 5.69 Å². The van der Waals surface area contributed by atoms with Crippen molar-refractivity contribution in [3.63, 3.8) is 0 Å². The molecule has 1 aromatic carbocycles. The van der Waals surface area contributed by atoms with E-state index in [0.717, 1.165) is 35.4 Å². The van der Waals surface area contributed by atoms with Crippen molar-refractivity contribution in [2.45, 2.75) is 45.8 Å². The first-order valence-corrected chi connectivity index (χ1v) is 6.21. The van der Waals surface area contributed by atoms with Gasteiger partial charge in [0.15, 0.2) is 0 Å². The van der Waals surface area contributed by atoms with Gasteiger partial charge < -0.3 is 15.2 Å². The normalized spacial score (nSPS) is 23.9. The number of nitrogen functional groups attached to an aromatic ring is 1. The van der Waals surface area contributed by atoms with Crippen molar-refractivity contribution in [2.75, 3.05) is 12.3 Å². The standard InChI is InChI=1S/C14H21NO2/c1-9-6-10(2)14(7-13(9)15)16-8-12-5-4-11(3)17-12/h6-7,11-12H,4-5,8,15H2,1-3H3. The number of hydrogen-bond donors (Lipinski definition) is 1. The van der Waals surface area contributed by atoms with Crippen molar-refractivity contribution in [2.24, 2.45) is 0 Å². The number of anilines is 1. The third-order valence-corrected chi connectivity index (χ3v) is 3.31. The Kier molecular flexibility index (Phi) is 3.57. The summed E-state index contributed by atoms with van der Waals surface area (Å²) in [6.45, 7) is 6.77. The molecule has 1 heterocycles. The summed E-state index contributed by atoms with van der Waals surface area (Å²) in [6, 6.07) is 3.96. The van der Waals surface area contributed by atoms with Crippen molar-refractivity contribution in [1.29, 1.82) is 0 Å². The van der Waals surface area contributed by atoms with Crippen molar-refractivity contribution in [3.05, 3.63) is 23.3 Å². The highest BCUT2D eigenvalue weighted by atomic mass is 16.5. The Bertz CT molecular complexity index is 403. The SMILES string of the molecule is Cc1cc(C)c(OCC2CCC(C)O2)cc1N. The monoisotopic (exact) mass is 235 g/mol. The number of rotatable bonds is 3. The molecule has 0 aromatic heterocycles. The summed E-state index contributed by atoms with van der Waals surface area (Å²) in [5, 5.41) is 0. The minimum absolute atomic E-state index is 0.229. The first-order valence-electron chi connectivity index (χ1n) is 6.21. The second-order valence-electron chi connectivity index (χ2n) is 4.93. The van der Waals surface area contributed by atoms with E-state index in [1.165, 1.54) is 0 Å². The van der Waals surface area contributed by atoms with Gasteiger partial charge in [0.2, 0.25) is 0 Å². The van der Waals surface area contributed by atoms with Gasteiger partial charge in [0.25, 0.3) is 0 Å². The lowest BCUT2D eigenvalue weighted by Crippen LogP contribution is -2.18. The molecule has 3 heteroatoms. The fourth-order valence-electron chi connectivity index (χ4n) is 2.19. The lowest BCUT2D eigenvalue weighted by atomic mass is 10.1. The zero-order valence-electron chi connectivity index (χ0n) is 10.8. The van der Waals surface area contributed by atoms with Crippen molar-refractivity contribution < 1.29 is 9.47 Å². The minimum atomic E-state index is 0.229. The van der Waals surface area contributed by atoms with Gasteiger partial charge in [0.1, 0.15) is 12.4 Å². The molecule has 0 radical (unpaired) electrons. The van der Waals surface area contributed by atoms with E-state index in [1.807, 2.05) is 19.9 Å². The number of hydrogen-bond acceptors (Lipinski definition) is 3. The Morgan fingerprint density at radius 1 is 1.29 bits per heavy atom. The molecule has 0 bridgehead atoms. The third-order valence-electron chi connectivity index (χ3n) is 3.31. The number of nitrogens with two attached hydrogens (primary N) is 1. The third kappa shape index (κ3) is 2.91. The smallest absolute Gasteiger partial charge is 0.124 e. The summed E-state index contributed by atoms with van der Waals surface area (Å²) in [5.41, 5.74) is 8.89. The van der Waals surface area contributed by atoms with Crippen LogP contribution in [0.25, 0.3) is 0 Å². The van der Waals surface area contributed by atoms with Crippen LogP contribution >= 0.6 is 0 Å². The van der Waals surface area contributed by atoms with Gasteiger partial charge in [-0.25, -0.2) is 0 Å². The molecular weight excluding hydrogens is 214 g/mol.